The lowest BCUT2D eigenvalue weighted by atomic mass is 9.97. The van der Waals surface area contributed by atoms with Crippen LogP contribution < -0.4 is 0 Å². The van der Waals surface area contributed by atoms with Crippen molar-refractivity contribution in [2.75, 3.05) is 0 Å². The summed E-state index contributed by atoms with van der Waals surface area (Å²) in [4.78, 5) is 22.0. The minimum Gasteiger partial charge on any atom is -0.506 e. The number of benzene rings is 2. The lowest BCUT2D eigenvalue weighted by Crippen LogP contribution is -2.00. The molecule has 2 aromatic rings. The monoisotopic (exact) mass is 306 g/mol. The third-order valence-corrected chi connectivity index (χ3v) is 3.01. The normalized spacial score (nSPS) is 10.4. The third-order valence-electron chi connectivity index (χ3n) is 3.01. The summed E-state index contributed by atoms with van der Waals surface area (Å²) in [7, 11) is 0. The molecule has 6 N–H and O–H groups in total. The van der Waals surface area contributed by atoms with Crippen molar-refractivity contribution >= 4 is 11.9 Å². The first-order chi connectivity index (χ1) is 10.3. The van der Waals surface area contributed by atoms with Gasteiger partial charge < -0.3 is 30.6 Å². The van der Waals surface area contributed by atoms with Crippen molar-refractivity contribution < 1.29 is 40.2 Å². The standard InChI is InChI=1S/C14H10O8/c15-9-7(5-2-1-3-6(4-5)13(19)20)10(16)12(18)11(17)8(9)14(21)22/h1-4,15-18H,(H,19,20)(H,21,22). The number of carbonyl (C=O) groups is 2. The van der Waals surface area contributed by atoms with Crippen LogP contribution in [0.2, 0.25) is 0 Å². The zero-order valence-electron chi connectivity index (χ0n) is 10.8. The second-order valence-corrected chi connectivity index (χ2v) is 4.34. The SMILES string of the molecule is O=C(O)c1cccc(-c2c(O)c(O)c(O)c(C(=O)O)c2O)c1. The highest BCUT2D eigenvalue weighted by Crippen LogP contribution is 2.51. The van der Waals surface area contributed by atoms with Crippen LogP contribution in [0.1, 0.15) is 20.7 Å². The van der Waals surface area contributed by atoms with Gasteiger partial charge in [0, 0.05) is 0 Å². The average molecular weight is 306 g/mol. The molecular formula is C14H10O8. The first-order valence-corrected chi connectivity index (χ1v) is 5.82. The van der Waals surface area contributed by atoms with E-state index < -0.39 is 46.1 Å². The molecule has 0 aromatic heterocycles. The predicted molar refractivity (Wildman–Crippen MR) is 72.5 cm³/mol. The number of hydrogen-bond donors (Lipinski definition) is 6. The average Bonchev–Trinajstić information content (AvgIpc) is 2.45. The van der Waals surface area contributed by atoms with Crippen LogP contribution in [0, 0.1) is 0 Å². The van der Waals surface area contributed by atoms with Crippen LogP contribution in [0.4, 0.5) is 0 Å². The van der Waals surface area contributed by atoms with Gasteiger partial charge >= 0.3 is 11.9 Å². The smallest absolute Gasteiger partial charge is 0.343 e. The van der Waals surface area contributed by atoms with Crippen molar-refractivity contribution in [3.05, 3.63) is 35.4 Å². The van der Waals surface area contributed by atoms with E-state index in [1.54, 1.807) is 0 Å². The first-order valence-electron chi connectivity index (χ1n) is 5.82. The quantitative estimate of drug-likeness (QED) is 0.368. The van der Waals surface area contributed by atoms with Gasteiger partial charge in [-0.05, 0) is 17.7 Å². The van der Waals surface area contributed by atoms with Crippen LogP contribution in [0.15, 0.2) is 24.3 Å². The lowest BCUT2D eigenvalue weighted by molar-refractivity contribution is 0.0681. The van der Waals surface area contributed by atoms with E-state index in [1.807, 2.05) is 0 Å². The molecule has 0 aliphatic rings. The fourth-order valence-corrected chi connectivity index (χ4v) is 1.98. The Kier molecular flexibility index (Phi) is 3.52. The molecular weight excluding hydrogens is 296 g/mol. The van der Waals surface area contributed by atoms with Gasteiger partial charge in [-0.15, -0.1) is 0 Å². The van der Waals surface area contributed by atoms with Crippen molar-refractivity contribution in [2.45, 2.75) is 0 Å². The van der Waals surface area contributed by atoms with Crippen molar-refractivity contribution in [2.24, 2.45) is 0 Å². The van der Waals surface area contributed by atoms with Gasteiger partial charge in [0.2, 0.25) is 5.75 Å². The molecule has 0 saturated carbocycles. The summed E-state index contributed by atoms with van der Waals surface area (Å²) in [5, 5.41) is 56.8. The third kappa shape index (κ3) is 2.22. The van der Waals surface area contributed by atoms with Crippen LogP contribution in [-0.4, -0.2) is 42.6 Å². The molecule has 8 nitrogen and oxygen atoms in total. The number of phenolic OH excluding ortho intramolecular Hbond substituents is 2. The fraction of sp³-hybridized carbons (Fsp3) is 0. The van der Waals surface area contributed by atoms with E-state index in [4.69, 9.17) is 10.2 Å². The highest BCUT2D eigenvalue weighted by molar-refractivity contribution is 6.01. The molecule has 114 valence electrons. The Balaban J connectivity index is 2.84. The van der Waals surface area contributed by atoms with Gasteiger partial charge in [0.15, 0.2) is 11.5 Å². The summed E-state index contributed by atoms with van der Waals surface area (Å²) in [6.45, 7) is 0. The van der Waals surface area contributed by atoms with Crippen LogP contribution in [0.5, 0.6) is 23.0 Å². The molecule has 8 heteroatoms. The van der Waals surface area contributed by atoms with Gasteiger partial charge in [-0.25, -0.2) is 9.59 Å². The maximum Gasteiger partial charge on any atom is 0.343 e. The zero-order valence-corrected chi connectivity index (χ0v) is 10.8. The maximum atomic E-state index is 11.1. The molecule has 0 fully saturated rings. The molecule has 0 aliphatic carbocycles. The van der Waals surface area contributed by atoms with Gasteiger partial charge in [0.25, 0.3) is 0 Å². The number of rotatable bonds is 3. The van der Waals surface area contributed by atoms with Crippen molar-refractivity contribution in [3.63, 3.8) is 0 Å². The van der Waals surface area contributed by atoms with Crippen molar-refractivity contribution in [3.8, 4) is 34.1 Å². The van der Waals surface area contributed by atoms with Crippen molar-refractivity contribution in [1.82, 2.24) is 0 Å². The second-order valence-electron chi connectivity index (χ2n) is 4.34. The Morgan fingerprint density at radius 1 is 0.773 bits per heavy atom. The summed E-state index contributed by atoms with van der Waals surface area (Å²) >= 11 is 0. The molecule has 0 saturated heterocycles. The van der Waals surface area contributed by atoms with E-state index in [0.29, 0.717) is 0 Å². The minimum absolute atomic E-state index is 0.0484. The zero-order chi connectivity index (χ0) is 16.6. The Morgan fingerprint density at radius 2 is 1.41 bits per heavy atom. The summed E-state index contributed by atoms with van der Waals surface area (Å²) in [6, 6.07) is 4.92. The molecule has 0 spiro atoms. The summed E-state index contributed by atoms with van der Waals surface area (Å²) in [6.07, 6.45) is 0. The molecule has 0 radical (unpaired) electrons. The van der Waals surface area contributed by atoms with E-state index in [1.165, 1.54) is 18.2 Å². The fourth-order valence-electron chi connectivity index (χ4n) is 1.98. The largest absolute Gasteiger partial charge is 0.506 e. The van der Waals surface area contributed by atoms with E-state index >= 15 is 0 Å². The lowest BCUT2D eigenvalue weighted by Gasteiger charge is -2.13. The minimum atomic E-state index is -1.74. The molecule has 2 rings (SSSR count). The highest BCUT2D eigenvalue weighted by atomic mass is 16.4. The number of hydrogen-bond acceptors (Lipinski definition) is 6. The Labute approximate surface area is 122 Å². The molecule has 0 heterocycles. The van der Waals surface area contributed by atoms with Crippen LogP contribution in [0.3, 0.4) is 0 Å². The number of aromatic carboxylic acids is 2. The van der Waals surface area contributed by atoms with E-state index in [9.17, 15) is 30.0 Å². The Bertz CT molecular complexity index is 794. The summed E-state index contributed by atoms with van der Waals surface area (Å²) < 4.78 is 0. The Morgan fingerprint density at radius 3 is 1.95 bits per heavy atom. The topological polar surface area (TPSA) is 156 Å². The van der Waals surface area contributed by atoms with Crippen molar-refractivity contribution in [1.29, 1.82) is 0 Å². The number of carboxylic acids is 2. The van der Waals surface area contributed by atoms with Gasteiger partial charge in [-0.2, -0.15) is 0 Å². The van der Waals surface area contributed by atoms with Crippen LogP contribution >= 0.6 is 0 Å². The summed E-state index contributed by atoms with van der Waals surface area (Å²) in [5.74, 6) is -7.31. The van der Waals surface area contributed by atoms with Crippen LogP contribution in [-0.2, 0) is 0 Å². The maximum absolute atomic E-state index is 11.1. The van der Waals surface area contributed by atoms with Gasteiger partial charge in [-0.1, -0.05) is 12.1 Å². The second kappa shape index (κ2) is 5.17. The van der Waals surface area contributed by atoms with Gasteiger partial charge in [-0.3, -0.25) is 0 Å². The Hall–Kier alpha value is -3.42. The number of aromatic hydroxyl groups is 4. The molecule has 0 amide bonds. The van der Waals surface area contributed by atoms with Crippen LogP contribution in [0.25, 0.3) is 11.1 Å². The molecule has 22 heavy (non-hydrogen) atoms. The first kappa shape index (κ1) is 15.0. The van der Waals surface area contributed by atoms with Gasteiger partial charge in [0.1, 0.15) is 11.3 Å². The summed E-state index contributed by atoms with van der Waals surface area (Å²) in [5.41, 5.74) is -1.74. The molecule has 0 bridgehead atoms. The molecule has 0 unspecified atom stereocenters. The highest BCUT2D eigenvalue weighted by Gasteiger charge is 2.28. The molecule has 0 aliphatic heterocycles. The van der Waals surface area contributed by atoms with Gasteiger partial charge in [0.05, 0.1) is 11.1 Å². The molecule has 2 aromatic carbocycles. The molecule has 0 atom stereocenters. The van der Waals surface area contributed by atoms with E-state index in [-0.39, 0.29) is 11.1 Å². The predicted octanol–water partition coefficient (Wildman–Crippen LogP) is 1.57. The van der Waals surface area contributed by atoms with E-state index in [0.717, 1.165) is 6.07 Å². The van der Waals surface area contributed by atoms with E-state index in [2.05, 4.69) is 0 Å². The number of carboxylic acid groups (broad SMARTS) is 2. The number of phenols is 4.